The van der Waals surface area contributed by atoms with E-state index in [1.807, 2.05) is 29.6 Å². The lowest BCUT2D eigenvalue weighted by atomic mass is 10.1. The Morgan fingerprint density at radius 3 is 2.64 bits per heavy atom. The van der Waals surface area contributed by atoms with Gasteiger partial charge in [-0.2, -0.15) is 0 Å². The summed E-state index contributed by atoms with van der Waals surface area (Å²) in [5.41, 5.74) is 2.58. The third kappa shape index (κ3) is 4.77. The summed E-state index contributed by atoms with van der Waals surface area (Å²) in [4.78, 5) is 29.4. The molecule has 0 aliphatic carbocycles. The van der Waals surface area contributed by atoms with Crippen LogP contribution in [-0.2, 0) is 16.1 Å². The molecule has 3 amide bonds. The highest BCUT2D eigenvalue weighted by molar-refractivity contribution is 7.09. The third-order valence-electron chi connectivity index (χ3n) is 3.74. The molecule has 1 aromatic heterocycles. The van der Waals surface area contributed by atoms with Gasteiger partial charge < -0.3 is 20.3 Å². The summed E-state index contributed by atoms with van der Waals surface area (Å²) in [5, 5.41) is 8.44. The average Bonchev–Trinajstić information content (AvgIpc) is 3.09. The molecule has 1 fully saturated rings. The van der Waals surface area contributed by atoms with Crippen molar-refractivity contribution in [1.82, 2.24) is 15.2 Å². The molecule has 0 atom stereocenters. The maximum absolute atomic E-state index is 12.1. The molecule has 0 bridgehead atoms. The van der Waals surface area contributed by atoms with Crippen LogP contribution in [0.15, 0.2) is 29.6 Å². The van der Waals surface area contributed by atoms with Crippen LogP contribution in [0, 0.1) is 0 Å². The number of rotatable bonds is 4. The largest absolute Gasteiger partial charge is 0.378 e. The van der Waals surface area contributed by atoms with Crippen molar-refractivity contribution in [2.24, 2.45) is 0 Å². The number of carbonyl (C=O) groups is 2. The maximum Gasteiger partial charge on any atom is 0.317 e. The van der Waals surface area contributed by atoms with E-state index < -0.39 is 0 Å². The van der Waals surface area contributed by atoms with Gasteiger partial charge in [-0.1, -0.05) is 12.1 Å². The first-order valence-corrected chi connectivity index (χ1v) is 8.93. The number of amides is 3. The van der Waals surface area contributed by atoms with Crippen molar-refractivity contribution in [3.05, 3.63) is 34.7 Å². The SMILES string of the molecule is CC(=O)Nc1ccc(-c2csc(CNC(=O)N3CCOCC3)n2)cc1. The summed E-state index contributed by atoms with van der Waals surface area (Å²) in [7, 11) is 0. The highest BCUT2D eigenvalue weighted by atomic mass is 32.1. The normalized spacial score (nSPS) is 14.2. The molecule has 2 N–H and O–H groups in total. The Kier molecular flexibility index (Phi) is 5.62. The molecule has 2 heterocycles. The zero-order chi connectivity index (χ0) is 17.6. The summed E-state index contributed by atoms with van der Waals surface area (Å²) >= 11 is 1.51. The number of ether oxygens (including phenoxy) is 1. The number of nitrogens with zero attached hydrogens (tertiary/aromatic N) is 2. The minimum atomic E-state index is -0.0975. The van der Waals surface area contributed by atoms with Gasteiger partial charge in [0.1, 0.15) is 5.01 Å². The number of anilines is 1. The number of thiazole rings is 1. The van der Waals surface area contributed by atoms with Crippen molar-refractivity contribution < 1.29 is 14.3 Å². The van der Waals surface area contributed by atoms with Gasteiger partial charge in [-0.15, -0.1) is 11.3 Å². The van der Waals surface area contributed by atoms with Crippen molar-refractivity contribution in [2.45, 2.75) is 13.5 Å². The molecule has 132 valence electrons. The van der Waals surface area contributed by atoms with Gasteiger partial charge in [-0.25, -0.2) is 9.78 Å². The number of hydrogen-bond acceptors (Lipinski definition) is 5. The average molecular weight is 360 g/mol. The number of carbonyl (C=O) groups excluding carboxylic acids is 2. The molecule has 0 radical (unpaired) electrons. The molecule has 1 aliphatic heterocycles. The highest BCUT2D eigenvalue weighted by Crippen LogP contribution is 2.23. The van der Waals surface area contributed by atoms with Gasteiger partial charge in [0.15, 0.2) is 0 Å². The molecule has 0 spiro atoms. The molecule has 25 heavy (non-hydrogen) atoms. The minimum Gasteiger partial charge on any atom is -0.378 e. The van der Waals surface area contributed by atoms with Crippen LogP contribution >= 0.6 is 11.3 Å². The molecule has 1 saturated heterocycles. The molecule has 0 unspecified atom stereocenters. The Labute approximate surface area is 150 Å². The van der Waals surface area contributed by atoms with E-state index in [2.05, 4.69) is 15.6 Å². The third-order valence-corrected chi connectivity index (χ3v) is 4.59. The lowest BCUT2D eigenvalue weighted by molar-refractivity contribution is -0.114. The standard InChI is InChI=1S/C17H20N4O3S/c1-12(22)19-14-4-2-13(3-5-14)15-11-25-16(20-15)10-18-17(23)21-6-8-24-9-7-21/h2-5,11H,6-10H2,1H3,(H,18,23)(H,19,22). The molecule has 7 nitrogen and oxygen atoms in total. The van der Waals surface area contributed by atoms with Crippen molar-refractivity contribution in [2.75, 3.05) is 31.6 Å². The summed E-state index contributed by atoms with van der Waals surface area (Å²) in [6, 6.07) is 7.43. The Hall–Kier alpha value is -2.45. The highest BCUT2D eigenvalue weighted by Gasteiger charge is 2.16. The van der Waals surface area contributed by atoms with Gasteiger partial charge in [0, 0.05) is 36.6 Å². The molecule has 8 heteroatoms. The molecule has 3 rings (SSSR count). The Morgan fingerprint density at radius 2 is 1.96 bits per heavy atom. The number of urea groups is 1. The first-order valence-electron chi connectivity index (χ1n) is 8.05. The number of nitrogens with one attached hydrogen (secondary N) is 2. The van der Waals surface area contributed by atoms with E-state index in [0.29, 0.717) is 32.8 Å². The molecular weight excluding hydrogens is 340 g/mol. The van der Waals surface area contributed by atoms with E-state index in [1.165, 1.54) is 18.3 Å². The van der Waals surface area contributed by atoms with E-state index in [1.54, 1.807) is 4.90 Å². The van der Waals surface area contributed by atoms with E-state index in [-0.39, 0.29) is 11.9 Å². The van der Waals surface area contributed by atoms with E-state index in [4.69, 9.17) is 4.74 Å². The van der Waals surface area contributed by atoms with Crippen molar-refractivity contribution >= 4 is 29.0 Å². The zero-order valence-electron chi connectivity index (χ0n) is 13.9. The molecule has 1 aromatic carbocycles. The summed E-state index contributed by atoms with van der Waals surface area (Å²) < 4.78 is 5.24. The van der Waals surface area contributed by atoms with E-state index >= 15 is 0 Å². The monoisotopic (exact) mass is 360 g/mol. The molecule has 0 saturated carbocycles. The summed E-state index contributed by atoms with van der Waals surface area (Å²) in [6.45, 7) is 4.30. The van der Waals surface area contributed by atoms with Crippen molar-refractivity contribution in [1.29, 1.82) is 0 Å². The molecule has 2 aromatic rings. The van der Waals surface area contributed by atoms with Gasteiger partial charge in [0.05, 0.1) is 25.5 Å². The predicted molar refractivity (Wildman–Crippen MR) is 96.5 cm³/mol. The van der Waals surface area contributed by atoms with Crippen LogP contribution in [0.3, 0.4) is 0 Å². The fourth-order valence-electron chi connectivity index (χ4n) is 2.48. The van der Waals surface area contributed by atoms with Crippen LogP contribution < -0.4 is 10.6 Å². The Bertz CT molecular complexity index is 739. The number of hydrogen-bond donors (Lipinski definition) is 2. The topological polar surface area (TPSA) is 83.6 Å². The van der Waals surface area contributed by atoms with Gasteiger partial charge in [-0.3, -0.25) is 4.79 Å². The Morgan fingerprint density at radius 1 is 1.24 bits per heavy atom. The second-order valence-electron chi connectivity index (χ2n) is 5.64. The van der Waals surface area contributed by atoms with Crippen LogP contribution in [0.25, 0.3) is 11.3 Å². The molecular formula is C17H20N4O3S. The van der Waals surface area contributed by atoms with Gasteiger partial charge in [0.25, 0.3) is 0 Å². The minimum absolute atomic E-state index is 0.0836. The second kappa shape index (κ2) is 8.09. The van der Waals surface area contributed by atoms with Crippen LogP contribution in [0.4, 0.5) is 10.5 Å². The van der Waals surface area contributed by atoms with Crippen LogP contribution in [-0.4, -0.2) is 48.1 Å². The first-order chi connectivity index (χ1) is 12.1. The lowest BCUT2D eigenvalue weighted by Crippen LogP contribution is -2.45. The summed E-state index contributed by atoms with van der Waals surface area (Å²) in [5.74, 6) is -0.0975. The smallest absolute Gasteiger partial charge is 0.317 e. The number of morpholine rings is 1. The van der Waals surface area contributed by atoms with Crippen molar-refractivity contribution in [3.8, 4) is 11.3 Å². The van der Waals surface area contributed by atoms with Crippen LogP contribution in [0.2, 0.25) is 0 Å². The second-order valence-corrected chi connectivity index (χ2v) is 6.59. The fraction of sp³-hybridized carbons (Fsp3) is 0.353. The zero-order valence-corrected chi connectivity index (χ0v) is 14.8. The van der Waals surface area contributed by atoms with Gasteiger partial charge in [0.2, 0.25) is 5.91 Å². The van der Waals surface area contributed by atoms with Gasteiger partial charge in [-0.05, 0) is 12.1 Å². The Balaban J connectivity index is 1.56. The summed E-state index contributed by atoms with van der Waals surface area (Å²) in [6.07, 6.45) is 0. The van der Waals surface area contributed by atoms with Crippen LogP contribution in [0.5, 0.6) is 0 Å². The first kappa shape index (κ1) is 17.4. The van der Waals surface area contributed by atoms with Crippen LogP contribution in [0.1, 0.15) is 11.9 Å². The maximum atomic E-state index is 12.1. The number of benzene rings is 1. The van der Waals surface area contributed by atoms with Crippen molar-refractivity contribution in [3.63, 3.8) is 0 Å². The fourth-order valence-corrected chi connectivity index (χ4v) is 3.22. The lowest BCUT2D eigenvalue weighted by Gasteiger charge is -2.26. The van der Waals surface area contributed by atoms with Gasteiger partial charge >= 0.3 is 6.03 Å². The van der Waals surface area contributed by atoms with E-state index in [9.17, 15) is 9.59 Å². The van der Waals surface area contributed by atoms with E-state index in [0.717, 1.165) is 22.0 Å². The predicted octanol–water partition coefficient (Wildman–Crippen LogP) is 2.31. The number of aromatic nitrogens is 1. The quantitative estimate of drug-likeness (QED) is 0.876. The molecule has 1 aliphatic rings.